The lowest BCUT2D eigenvalue weighted by molar-refractivity contribution is 0.0953. The molecule has 1 amide bonds. The Morgan fingerprint density at radius 2 is 1.85 bits per heavy atom. The number of hydrogen-bond acceptors (Lipinski definition) is 4. The minimum Gasteiger partial charge on any atom is -0.493 e. The second-order valence-corrected chi connectivity index (χ2v) is 7.79. The van der Waals surface area contributed by atoms with Crippen LogP contribution in [0.1, 0.15) is 21.7 Å². The molecule has 0 saturated carbocycles. The van der Waals surface area contributed by atoms with Crippen LogP contribution in [0, 0.1) is 5.82 Å². The van der Waals surface area contributed by atoms with Crippen molar-refractivity contribution in [1.82, 2.24) is 14.9 Å². The first-order valence-corrected chi connectivity index (χ1v) is 10.8. The molecular formula is C25H23ClFN3O3. The van der Waals surface area contributed by atoms with Crippen molar-refractivity contribution in [1.29, 1.82) is 0 Å². The van der Waals surface area contributed by atoms with Crippen LogP contribution in [0.15, 0.2) is 60.7 Å². The Balaban J connectivity index is 1.53. The first-order valence-electron chi connectivity index (χ1n) is 10.4. The number of benzene rings is 3. The highest BCUT2D eigenvalue weighted by Gasteiger charge is 2.16. The van der Waals surface area contributed by atoms with Gasteiger partial charge in [-0.15, -0.1) is 0 Å². The van der Waals surface area contributed by atoms with E-state index in [1.54, 1.807) is 30.3 Å². The summed E-state index contributed by atoms with van der Waals surface area (Å²) in [4.78, 5) is 17.3. The number of halogens is 2. The molecule has 170 valence electrons. The third-order valence-electron chi connectivity index (χ3n) is 5.39. The molecule has 0 radical (unpaired) electrons. The van der Waals surface area contributed by atoms with Crippen LogP contribution in [-0.4, -0.2) is 36.2 Å². The van der Waals surface area contributed by atoms with Crippen molar-refractivity contribution in [2.45, 2.75) is 13.0 Å². The quantitative estimate of drug-likeness (QED) is 0.401. The summed E-state index contributed by atoms with van der Waals surface area (Å²) in [5, 5.41) is 3.27. The molecule has 0 bridgehead atoms. The summed E-state index contributed by atoms with van der Waals surface area (Å²) >= 11 is 6.26. The molecular weight excluding hydrogens is 445 g/mol. The molecule has 0 aliphatic heterocycles. The van der Waals surface area contributed by atoms with Crippen LogP contribution in [0.3, 0.4) is 0 Å². The van der Waals surface area contributed by atoms with Crippen LogP contribution in [0.25, 0.3) is 11.0 Å². The van der Waals surface area contributed by atoms with E-state index in [4.69, 9.17) is 26.1 Å². The van der Waals surface area contributed by atoms with Gasteiger partial charge in [-0.3, -0.25) is 4.79 Å². The molecule has 0 atom stereocenters. The van der Waals surface area contributed by atoms with Crippen molar-refractivity contribution in [2.75, 3.05) is 20.8 Å². The Labute approximate surface area is 195 Å². The van der Waals surface area contributed by atoms with Gasteiger partial charge >= 0.3 is 0 Å². The molecule has 33 heavy (non-hydrogen) atoms. The summed E-state index contributed by atoms with van der Waals surface area (Å²) < 4.78 is 26.9. The largest absolute Gasteiger partial charge is 0.493 e. The standard InChI is InChI=1S/C25H23ClFN3O3/c1-32-22-11-10-16(14-23(22)33-2)25(31)28-13-12-24-29-20-8-3-4-9-21(20)30(24)15-17-18(26)6-5-7-19(17)27/h3-11,14H,12-13,15H2,1-2H3,(H,28,31). The molecule has 1 N–H and O–H groups in total. The average Bonchev–Trinajstić information content (AvgIpc) is 3.18. The average molecular weight is 468 g/mol. The molecule has 0 fully saturated rings. The number of ether oxygens (including phenoxy) is 2. The Morgan fingerprint density at radius 3 is 2.61 bits per heavy atom. The number of nitrogens with one attached hydrogen (secondary N) is 1. The molecule has 0 aliphatic carbocycles. The number of methoxy groups -OCH3 is 2. The van der Waals surface area contributed by atoms with E-state index in [9.17, 15) is 9.18 Å². The number of carbonyl (C=O) groups excluding carboxylic acids is 1. The Hall–Kier alpha value is -3.58. The Kier molecular flexibility index (Phi) is 6.79. The third kappa shape index (κ3) is 4.78. The van der Waals surface area contributed by atoms with Gasteiger partial charge in [0.1, 0.15) is 11.6 Å². The lowest BCUT2D eigenvalue weighted by Gasteiger charge is -2.12. The summed E-state index contributed by atoms with van der Waals surface area (Å²) in [6, 6.07) is 17.3. The number of para-hydroxylation sites is 2. The van der Waals surface area contributed by atoms with Crippen LogP contribution in [0.4, 0.5) is 4.39 Å². The van der Waals surface area contributed by atoms with Gasteiger partial charge in [-0.1, -0.05) is 29.8 Å². The molecule has 1 heterocycles. The molecule has 3 aromatic carbocycles. The minimum atomic E-state index is -0.368. The molecule has 8 heteroatoms. The molecule has 4 aromatic rings. The summed E-state index contributed by atoms with van der Waals surface area (Å²) in [6.07, 6.45) is 0.458. The monoisotopic (exact) mass is 467 g/mol. The highest BCUT2D eigenvalue weighted by atomic mass is 35.5. The van der Waals surface area contributed by atoms with Crippen LogP contribution in [0.5, 0.6) is 11.5 Å². The normalized spacial score (nSPS) is 10.9. The summed E-state index contributed by atoms with van der Waals surface area (Å²) in [7, 11) is 3.06. The van der Waals surface area contributed by atoms with Crippen molar-refractivity contribution >= 4 is 28.5 Å². The van der Waals surface area contributed by atoms with Gasteiger partial charge in [-0.25, -0.2) is 9.37 Å². The Morgan fingerprint density at radius 1 is 1.06 bits per heavy atom. The highest BCUT2D eigenvalue weighted by molar-refractivity contribution is 6.31. The van der Waals surface area contributed by atoms with Crippen molar-refractivity contribution in [2.24, 2.45) is 0 Å². The number of fused-ring (bicyclic) bond motifs is 1. The predicted octanol–water partition coefficient (Wildman–Crippen LogP) is 4.87. The van der Waals surface area contributed by atoms with Crippen LogP contribution < -0.4 is 14.8 Å². The second-order valence-electron chi connectivity index (χ2n) is 7.38. The van der Waals surface area contributed by atoms with E-state index >= 15 is 0 Å². The number of carbonyl (C=O) groups is 1. The molecule has 0 aliphatic rings. The van der Waals surface area contributed by atoms with E-state index in [1.165, 1.54) is 20.3 Å². The van der Waals surface area contributed by atoms with Gasteiger partial charge in [0, 0.05) is 29.1 Å². The number of nitrogens with zero attached hydrogens (tertiary/aromatic N) is 2. The Bertz CT molecular complexity index is 1290. The van der Waals surface area contributed by atoms with E-state index in [-0.39, 0.29) is 18.3 Å². The molecule has 0 unspecified atom stereocenters. The van der Waals surface area contributed by atoms with Crippen LogP contribution >= 0.6 is 11.6 Å². The van der Waals surface area contributed by atoms with E-state index < -0.39 is 0 Å². The first-order chi connectivity index (χ1) is 16.0. The zero-order chi connectivity index (χ0) is 23.4. The number of imidazole rings is 1. The SMILES string of the molecule is COc1ccc(C(=O)NCCc2nc3ccccc3n2Cc2c(F)cccc2Cl)cc1OC. The van der Waals surface area contributed by atoms with E-state index in [0.29, 0.717) is 40.6 Å². The van der Waals surface area contributed by atoms with Crippen molar-refractivity contribution in [3.8, 4) is 11.5 Å². The van der Waals surface area contributed by atoms with Gasteiger partial charge in [0.2, 0.25) is 0 Å². The molecule has 1 aromatic heterocycles. The fourth-order valence-corrected chi connectivity index (χ4v) is 3.92. The van der Waals surface area contributed by atoms with Crippen molar-refractivity contribution < 1.29 is 18.7 Å². The summed E-state index contributed by atoms with van der Waals surface area (Å²) in [5.41, 5.74) is 2.53. The van der Waals surface area contributed by atoms with Gasteiger partial charge in [0.15, 0.2) is 11.5 Å². The van der Waals surface area contributed by atoms with Gasteiger partial charge in [-0.05, 0) is 42.5 Å². The van der Waals surface area contributed by atoms with Gasteiger partial charge < -0.3 is 19.4 Å². The van der Waals surface area contributed by atoms with Crippen molar-refractivity contribution in [3.05, 3.63) is 88.5 Å². The molecule has 0 spiro atoms. The third-order valence-corrected chi connectivity index (χ3v) is 5.75. The topological polar surface area (TPSA) is 65.4 Å². The fourth-order valence-electron chi connectivity index (χ4n) is 3.70. The fraction of sp³-hybridized carbons (Fsp3) is 0.200. The number of aromatic nitrogens is 2. The van der Waals surface area contributed by atoms with E-state index in [2.05, 4.69) is 5.32 Å². The highest BCUT2D eigenvalue weighted by Crippen LogP contribution is 2.27. The minimum absolute atomic E-state index is 0.240. The molecule has 0 saturated heterocycles. The maximum absolute atomic E-state index is 14.4. The van der Waals surface area contributed by atoms with Gasteiger partial charge in [0.05, 0.1) is 31.8 Å². The predicted molar refractivity (Wildman–Crippen MR) is 126 cm³/mol. The van der Waals surface area contributed by atoms with E-state index in [1.807, 2.05) is 28.8 Å². The molecule has 6 nitrogen and oxygen atoms in total. The zero-order valence-electron chi connectivity index (χ0n) is 18.3. The van der Waals surface area contributed by atoms with E-state index in [0.717, 1.165) is 16.9 Å². The smallest absolute Gasteiger partial charge is 0.251 e. The molecule has 4 rings (SSSR count). The van der Waals surface area contributed by atoms with Crippen LogP contribution in [0.2, 0.25) is 5.02 Å². The van der Waals surface area contributed by atoms with Gasteiger partial charge in [0.25, 0.3) is 5.91 Å². The van der Waals surface area contributed by atoms with Gasteiger partial charge in [-0.2, -0.15) is 0 Å². The van der Waals surface area contributed by atoms with Crippen molar-refractivity contribution in [3.63, 3.8) is 0 Å². The lowest BCUT2D eigenvalue weighted by atomic mass is 10.2. The number of amides is 1. The lowest BCUT2D eigenvalue weighted by Crippen LogP contribution is -2.26. The maximum atomic E-state index is 14.4. The first kappa shape index (κ1) is 22.6. The number of rotatable bonds is 8. The number of hydrogen-bond donors (Lipinski definition) is 1. The van der Waals surface area contributed by atoms with Crippen LogP contribution in [-0.2, 0) is 13.0 Å². The maximum Gasteiger partial charge on any atom is 0.251 e. The summed E-state index contributed by atoms with van der Waals surface area (Å²) in [5.74, 6) is 1.15. The second kappa shape index (κ2) is 9.92. The summed E-state index contributed by atoms with van der Waals surface area (Å²) in [6.45, 7) is 0.590. The zero-order valence-corrected chi connectivity index (χ0v) is 19.0.